The van der Waals surface area contributed by atoms with E-state index >= 15 is 0 Å². The fourth-order valence-corrected chi connectivity index (χ4v) is 5.08. The van der Waals surface area contributed by atoms with Crippen molar-refractivity contribution >= 4 is 39.2 Å². The van der Waals surface area contributed by atoms with Gasteiger partial charge >= 0.3 is 6.03 Å². The number of carbonyl (C=O) groups is 2. The Bertz CT molecular complexity index is 847. The Morgan fingerprint density at radius 1 is 1.07 bits per heavy atom. The molecular formula is C20H30ClN3O4S. The number of piperidine rings is 1. The van der Waals surface area contributed by atoms with Gasteiger partial charge in [-0.1, -0.05) is 39.3 Å². The number of halogens is 1. The highest BCUT2D eigenvalue weighted by atomic mass is 35.5. The lowest BCUT2D eigenvalue weighted by Gasteiger charge is -2.31. The van der Waals surface area contributed by atoms with E-state index in [1.807, 2.05) is 27.7 Å². The fraction of sp³-hybridized carbons (Fsp3) is 0.600. The molecule has 1 saturated heterocycles. The van der Waals surface area contributed by atoms with E-state index < -0.39 is 21.3 Å². The Morgan fingerprint density at radius 2 is 1.55 bits per heavy atom. The lowest BCUT2D eigenvalue weighted by Crippen LogP contribution is -2.47. The highest BCUT2D eigenvalue weighted by Crippen LogP contribution is 2.35. The van der Waals surface area contributed by atoms with Crippen LogP contribution in [0.1, 0.15) is 70.4 Å². The van der Waals surface area contributed by atoms with Gasteiger partial charge in [0.05, 0.1) is 5.25 Å². The average molecular weight is 444 g/mol. The zero-order chi connectivity index (χ0) is 21.9. The molecule has 1 aromatic carbocycles. The molecule has 1 aromatic rings. The second-order valence-electron chi connectivity index (χ2n) is 8.08. The molecule has 0 saturated carbocycles. The van der Waals surface area contributed by atoms with Crippen molar-refractivity contribution in [3.63, 3.8) is 0 Å². The van der Waals surface area contributed by atoms with Crippen molar-refractivity contribution in [1.29, 1.82) is 0 Å². The standard InChI is InChI=1S/C20H30ClN3O4S/c1-12(2)17-10-15(21)11-18(13(3)4)19(17)22-20(26)23-29(27,28)16-6-8-24(9-7-16)14(5)25/h10-13,16H,6-9H2,1-5H3,(H2,22,23,26). The molecule has 0 atom stereocenters. The third-order valence-corrected chi connectivity index (χ3v) is 7.24. The zero-order valence-electron chi connectivity index (χ0n) is 17.6. The van der Waals surface area contributed by atoms with Crippen LogP contribution in [0.15, 0.2) is 12.1 Å². The fourth-order valence-electron chi connectivity index (χ4n) is 3.54. The molecule has 0 aromatic heterocycles. The highest BCUT2D eigenvalue weighted by molar-refractivity contribution is 7.90. The largest absolute Gasteiger partial charge is 0.343 e. The van der Waals surface area contributed by atoms with E-state index in [1.165, 1.54) is 6.92 Å². The van der Waals surface area contributed by atoms with Crippen LogP contribution in [0.2, 0.25) is 5.02 Å². The first-order chi connectivity index (χ1) is 13.4. The van der Waals surface area contributed by atoms with Gasteiger partial charge in [-0.2, -0.15) is 0 Å². The molecule has 0 unspecified atom stereocenters. The van der Waals surface area contributed by atoms with Crippen LogP contribution in [0.4, 0.5) is 10.5 Å². The quantitative estimate of drug-likeness (QED) is 0.717. The molecule has 2 N–H and O–H groups in total. The molecule has 162 valence electrons. The van der Waals surface area contributed by atoms with Gasteiger partial charge in [0.25, 0.3) is 0 Å². The minimum absolute atomic E-state index is 0.0725. The van der Waals surface area contributed by atoms with Gasteiger partial charge in [0.2, 0.25) is 15.9 Å². The maximum Gasteiger partial charge on any atom is 0.332 e. The van der Waals surface area contributed by atoms with Crippen LogP contribution in [-0.4, -0.2) is 43.6 Å². The van der Waals surface area contributed by atoms with Crippen LogP contribution in [0.3, 0.4) is 0 Å². The topological polar surface area (TPSA) is 95.6 Å². The van der Waals surface area contributed by atoms with Crippen LogP contribution < -0.4 is 10.0 Å². The molecule has 0 aliphatic carbocycles. The van der Waals surface area contributed by atoms with E-state index in [1.54, 1.807) is 17.0 Å². The number of amides is 3. The predicted molar refractivity (Wildman–Crippen MR) is 116 cm³/mol. The Balaban J connectivity index is 2.18. The predicted octanol–water partition coefficient (Wildman–Crippen LogP) is 4.05. The summed E-state index contributed by atoms with van der Waals surface area (Å²) in [6, 6.07) is 2.80. The summed E-state index contributed by atoms with van der Waals surface area (Å²) in [5.41, 5.74) is 2.30. The van der Waals surface area contributed by atoms with Crippen LogP contribution >= 0.6 is 11.6 Å². The molecule has 1 aliphatic heterocycles. The van der Waals surface area contributed by atoms with Crippen LogP contribution in [0, 0.1) is 0 Å². The summed E-state index contributed by atoms with van der Waals surface area (Å²) in [4.78, 5) is 25.6. The molecule has 0 spiro atoms. The number of rotatable bonds is 5. The van der Waals surface area contributed by atoms with Crippen LogP contribution in [-0.2, 0) is 14.8 Å². The number of carbonyl (C=O) groups excluding carboxylic acids is 2. The molecule has 9 heteroatoms. The number of sulfonamides is 1. The van der Waals surface area contributed by atoms with Crippen LogP contribution in [0.25, 0.3) is 0 Å². The summed E-state index contributed by atoms with van der Waals surface area (Å²) < 4.78 is 27.5. The van der Waals surface area contributed by atoms with E-state index in [2.05, 4.69) is 10.0 Å². The Morgan fingerprint density at radius 3 is 1.97 bits per heavy atom. The van der Waals surface area contributed by atoms with Gasteiger partial charge in [-0.25, -0.2) is 17.9 Å². The van der Waals surface area contributed by atoms with Gasteiger partial charge in [-0.05, 0) is 47.9 Å². The highest BCUT2D eigenvalue weighted by Gasteiger charge is 2.32. The zero-order valence-corrected chi connectivity index (χ0v) is 19.2. The first-order valence-electron chi connectivity index (χ1n) is 9.83. The lowest BCUT2D eigenvalue weighted by molar-refractivity contribution is -0.129. The molecule has 29 heavy (non-hydrogen) atoms. The van der Waals surface area contributed by atoms with Crippen molar-refractivity contribution in [2.24, 2.45) is 0 Å². The number of benzene rings is 1. The summed E-state index contributed by atoms with van der Waals surface area (Å²) in [5.74, 6) is 0.111. The van der Waals surface area contributed by atoms with Crippen LogP contribution in [0.5, 0.6) is 0 Å². The van der Waals surface area contributed by atoms with Crippen molar-refractivity contribution < 1.29 is 18.0 Å². The summed E-state index contributed by atoms with van der Waals surface area (Å²) >= 11 is 6.24. The third-order valence-electron chi connectivity index (χ3n) is 5.21. The van der Waals surface area contributed by atoms with Crippen molar-refractivity contribution in [1.82, 2.24) is 9.62 Å². The summed E-state index contributed by atoms with van der Waals surface area (Å²) in [7, 11) is -3.85. The van der Waals surface area contributed by atoms with E-state index in [-0.39, 0.29) is 17.7 Å². The number of hydrogen-bond acceptors (Lipinski definition) is 4. The molecule has 2 rings (SSSR count). The third kappa shape index (κ3) is 5.85. The lowest BCUT2D eigenvalue weighted by atomic mass is 9.92. The Labute approximate surface area is 178 Å². The van der Waals surface area contributed by atoms with E-state index in [0.29, 0.717) is 36.6 Å². The van der Waals surface area contributed by atoms with Gasteiger partial charge in [-0.15, -0.1) is 0 Å². The smallest absolute Gasteiger partial charge is 0.332 e. The molecule has 1 aliphatic rings. The molecule has 0 radical (unpaired) electrons. The maximum absolute atomic E-state index is 12.7. The maximum atomic E-state index is 12.7. The molecule has 3 amide bonds. The van der Waals surface area contributed by atoms with E-state index in [9.17, 15) is 18.0 Å². The van der Waals surface area contributed by atoms with E-state index in [0.717, 1.165) is 11.1 Å². The van der Waals surface area contributed by atoms with Gasteiger partial charge in [0.15, 0.2) is 0 Å². The summed E-state index contributed by atoms with van der Waals surface area (Å²) in [6.07, 6.45) is 0.606. The van der Waals surface area contributed by atoms with Gasteiger partial charge in [-0.3, -0.25) is 4.79 Å². The van der Waals surface area contributed by atoms with Gasteiger partial charge in [0, 0.05) is 30.7 Å². The summed E-state index contributed by atoms with van der Waals surface area (Å²) in [5, 5.41) is 2.61. The van der Waals surface area contributed by atoms with Crippen molar-refractivity contribution in [3.8, 4) is 0 Å². The van der Waals surface area contributed by atoms with Crippen molar-refractivity contribution in [2.75, 3.05) is 18.4 Å². The van der Waals surface area contributed by atoms with Crippen molar-refractivity contribution in [3.05, 3.63) is 28.3 Å². The second kappa shape index (κ2) is 9.34. The van der Waals surface area contributed by atoms with Gasteiger partial charge < -0.3 is 10.2 Å². The SMILES string of the molecule is CC(=O)N1CCC(S(=O)(=O)NC(=O)Nc2c(C(C)C)cc(Cl)cc2C(C)C)CC1. The number of nitrogens with one attached hydrogen (secondary N) is 2. The number of hydrogen-bond donors (Lipinski definition) is 2. The Hall–Kier alpha value is -1.80. The molecule has 1 heterocycles. The van der Waals surface area contributed by atoms with Crippen molar-refractivity contribution in [2.45, 2.75) is 64.5 Å². The minimum atomic E-state index is -3.85. The number of likely N-dealkylation sites (tertiary alicyclic amines) is 1. The second-order valence-corrected chi connectivity index (χ2v) is 10.5. The minimum Gasteiger partial charge on any atom is -0.343 e. The molecule has 0 bridgehead atoms. The monoisotopic (exact) mass is 443 g/mol. The molecular weight excluding hydrogens is 414 g/mol. The average Bonchev–Trinajstić information content (AvgIpc) is 2.62. The number of urea groups is 1. The van der Waals surface area contributed by atoms with E-state index in [4.69, 9.17) is 11.6 Å². The number of anilines is 1. The molecule has 1 fully saturated rings. The molecule has 7 nitrogen and oxygen atoms in total. The Kier molecular flexibility index (Phi) is 7.56. The summed E-state index contributed by atoms with van der Waals surface area (Å²) in [6.45, 7) is 10.1. The van der Waals surface area contributed by atoms with Gasteiger partial charge in [0.1, 0.15) is 0 Å². The normalized spacial score (nSPS) is 15.7. The number of nitrogens with zero attached hydrogens (tertiary/aromatic N) is 1. The first-order valence-corrected chi connectivity index (χ1v) is 11.8. The first kappa shape index (κ1) is 23.5.